The molecule has 1 aliphatic heterocycles. The minimum atomic E-state index is 0.152. The standard InChI is InChI=1S/C18H30N2O/c1-14-11-16(12-19-18(2,3)4)5-6-17(14)20-9-7-15(13-21)8-10-20/h5-6,11,15,19,21H,7-10,12-13H2,1-4H3. The maximum absolute atomic E-state index is 9.24. The van der Waals surface area contributed by atoms with E-state index >= 15 is 0 Å². The maximum Gasteiger partial charge on any atom is 0.0460 e. The molecule has 0 aliphatic carbocycles. The predicted octanol–water partition coefficient (Wildman–Crippen LogP) is 3.09. The number of anilines is 1. The normalized spacial score (nSPS) is 17.3. The van der Waals surface area contributed by atoms with Gasteiger partial charge >= 0.3 is 0 Å². The number of nitrogens with zero attached hydrogens (tertiary/aromatic N) is 1. The first-order valence-electron chi connectivity index (χ1n) is 8.09. The summed E-state index contributed by atoms with van der Waals surface area (Å²) < 4.78 is 0. The van der Waals surface area contributed by atoms with Gasteiger partial charge in [-0.2, -0.15) is 0 Å². The Labute approximate surface area is 129 Å². The van der Waals surface area contributed by atoms with Crippen molar-refractivity contribution in [3.8, 4) is 0 Å². The van der Waals surface area contributed by atoms with Gasteiger partial charge in [-0.15, -0.1) is 0 Å². The van der Waals surface area contributed by atoms with Gasteiger partial charge < -0.3 is 15.3 Å². The molecule has 1 aromatic rings. The molecule has 0 spiro atoms. The van der Waals surface area contributed by atoms with Crippen LogP contribution in [0.4, 0.5) is 5.69 Å². The van der Waals surface area contributed by atoms with Crippen molar-refractivity contribution in [2.45, 2.75) is 52.6 Å². The quantitative estimate of drug-likeness (QED) is 0.894. The van der Waals surface area contributed by atoms with Gasteiger partial charge in [0.2, 0.25) is 0 Å². The predicted molar refractivity (Wildman–Crippen MR) is 89.8 cm³/mol. The molecule has 3 nitrogen and oxygen atoms in total. The van der Waals surface area contributed by atoms with Gasteiger partial charge in [-0.25, -0.2) is 0 Å². The fourth-order valence-electron chi connectivity index (χ4n) is 2.91. The largest absolute Gasteiger partial charge is 0.396 e. The van der Waals surface area contributed by atoms with Crippen LogP contribution in [0.3, 0.4) is 0 Å². The third kappa shape index (κ3) is 4.72. The molecule has 1 saturated heterocycles. The van der Waals surface area contributed by atoms with Crippen molar-refractivity contribution in [1.82, 2.24) is 5.32 Å². The van der Waals surface area contributed by atoms with Gasteiger partial charge in [0.15, 0.2) is 0 Å². The number of nitrogens with one attached hydrogen (secondary N) is 1. The smallest absolute Gasteiger partial charge is 0.0460 e. The molecular formula is C18H30N2O. The van der Waals surface area contributed by atoms with E-state index in [9.17, 15) is 5.11 Å². The average molecular weight is 290 g/mol. The Morgan fingerprint density at radius 1 is 1.24 bits per heavy atom. The van der Waals surface area contributed by atoms with E-state index in [4.69, 9.17) is 0 Å². The molecule has 0 amide bonds. The lowest BCUT2D eigenvalue weighted by atomic mass is 9.96. The zero-order valence-electron chi connectivity index (χ0n) is 13.9. The number of aliphatic hydroxyl groups is 1. The first-order valence-corrected chi connectivity index (χ1v) is 8.09. The van der Waals surface area contributed by atoms with E-state index in [-0.39, 0.29) is 5.54 Å². The highest BCUT2D eigenvalue weighted by atomic mass is 16.3. The molecule has 1 heterocycles. The van der Waals surface area contributed by atoms with Crippen molar-refractivity contribution in [2.24, 2.45) is 5.92 Å². The summed E-state index contributed by atoms with van der Waals surface area (Å²) in [5.41, 5.74) is 4.20. The van der Waals surface area contributed by atoms with E-state index < -0.39 is 0 Å². The van der Waals surface area contributed by atoms with Crippen molar-refractivity contribution < 1.29 is 5.11 Å². The summed E-state index contributed by atoms with van der Waals surface area (Å²) in [6, 6.07) is 6.79. The van der Waals surface area contributed by atoms with Gasteiger partial charge in [-0.05, 0) is 63.6 Å². The van der Waals surface area contributed by atoms with E-state index in [0.29, 0.717) is 12.5 Å². The first kappa shape index (κ1) is 16.3. The van der Waals surface area contributed by atoms with E-state index in [1.165, 1.54) is 16.8 Å². The minimum absolute atomic E-state index is 0.152. The lowest BCUT2D eigenvalue weighted by Crippen LogP contribution is -2.36. The van der Waals surface area contributed by atoms with Gasteiger partial charge in [-0.3, -0.25) is 0 Å². The average Bonchev–Trinajstić information content (AvgIpc) is 2.45. The summed E-state index contributed by atoms with van der Waals surface area (Å²) in [5, 5.41) is 12.8. The van der Waals surface area contributed by atoms with Crippen LogP contribution in [0.15, 0.2) is 18.2 Å². The molecule has 1 aromatic carbocycles. The highest BCUT2D eigenvalue weighted by molar-refractivity contribution is 5.54. The van der Waals surface area contributed by atoms with Crippen LogP contribution in [0.25, 0.3) is 0 Å². The minimum Gasteiger partial charge on any atom is -0.396 e. The molecule has 0 atom stereocenters. The van der Waals surface area contributed by atoms with Crippen LogP contribution in [0.1, 0.15) is 44.7 Å². The summed E-state index contributed by atoms with van der Waals surface area (Å²) in [6.45, 7) is 12.2. The van der Waals surface area contributed by atoms with E-state index in [0.717, 1.165) is 32.5 Å². The van der Waals surface area contributed by atoms with Gasteiger partial charge in [0, 0.05) is 37.5 Å². The lowest BCUT2D eigenvalue weighted by Gasteiger charge is -2.34. The van der Waals surface area contributed by atoms with Gasteiger partial charge in [0.25, 0.3) is 0 Å². The number of aliphatic hydroxyl groups excluding tert-OH is 1. The van der Waals surface area contributed by atoms with Crippen LogP contribution in [0.5, 0.6) is 0 Å². The van der Waals surface area contributed by atoms with Crippen LogP contribution < -0.4 is 10.2 Å². The topological polar surface area (TPSA) is 35.5 Å². The number of hydrogen-bond acceptors (Lipinski definition) is 3. The molecule has 0 bridgehead atoms. The van der Waals surface area contributed by atoms with Gasteiger partial charge in [0.1, 0.15) is 0 Å². The van der Waals surface area contributed by atoms with Gasteiger partial charge in [0.05, 0.1) is 0 Å². The van der Waals surface area contributed by atoms with E-state index in [1.54, 1.807) is 0 Å². The summed E-state index contributed by atoms with van der Waals surface area (Å²) in [4.78, 5) is 2.46. The molecule has 2 rings (SSSR count). The number of benzene rings is 1. The monoisotopic (exact) mass is 290 g/mol. The highest BCUT2D eigenvalue weighted by Crippen LogP contribution is 2.26. The second kappa shape index (κ2) is 6.80. The molecule has 1 aliphatic rings. The van der Waals surface area contributed by atoms with Crippen molar-refractivity contribution >= 4 is 5.69 Å². The van der Waals surface area contributed by atoms with Crippen molar-refractivity contribution in [2.75, 3.05) is 24.6 Å². The highest BCUT2D eigenvalue weighted by Gasteiger charge is 2.19. The first-order chi connectivity index (χ1) is 9.89. The molecule has 21 heavy (non-hydrogen) atoms. The number of hydrogen-bond donors (Lipinski definition) is 2. The van der Waals surface area contributed by atoms with Crippen LogP contribution in [0.2, 0.25) is 0 Å². The van der Waals surface area contributed by atoms with Crippen molar-refractivity contribution in [3.05, 3.63) is 29.3 Å². The molecule has 0 radical (unpaired) electrons. The molecule has 2 N–H and O–H groups in total. The molecule has 0 aromatic heterocycles. The van der Waals surface area contributed by atoms with Crippen LogP contribution >= 0.6 is 0 Å². The van der Waals surface area contributed by atoms with Crippen LogP contribution in [-0.4, -0.2) is 30.3 Å². The molecule has 3 heteroatoms. The Morgan fingerprint density at radius 2 is 1.90 bits per heavy atom. The number of aryl methyl sites for hydroxylation is 1. The SMILES string of the molecule is Cc1cc(CNC(C)(C)C)ccc1N1CCC(CO)CC1. The Kier molecular flexibility index (Phi) is 5.28. The summed E-state index contributed by atoms with van der Waals surface area (Å²) in [5.74, 6) is 0.497. The number of rotatable bonds is 4. The summed E-state index contributed by atoms with van der Waals surface area (Å²) in [7, 11) is 0. The molecule has 118 valence electrons. The Balaban J connectivity index is 1.99. The Hall–Kier alpha value is -1.06. The number of piperidine rings is 1. The fourth-order valence-corrected chi connectivity index (χ4v) is 2.91. The molecular weight excluding hydrogens is 260 g/mol. The summed E-state index contributed by atoms with van der Waals surface area (Å²) >= 11 is 0. The zero-order valence-corrected chi connectivity index (χ0v) is 13.9. The third-order valence-electron chi connectivity index (χ3n) is 4.30. The Morgan fingerprint density at radius 3 is 2.43 bits per heavy atom. The third-order valence-corrected chi connectivity index (χ3v) is 4.30. The molecule has 1 fully saturated rings. The van der Waals surface area contributed by atoms with Crippen LogP contribution in [0, 0.1) is 12.8 Å². The fraction of sp³-hybridized carbons (Fsp3) is 0.667. The lowest BCUT2D eigenvalue weighted by molar-refractivity contribution is 0.203. The second-order valence-electron chi connectivity index (χ2n) is 7.34. The van der Waals surface area contributed by atoms with Gasteiger partial charge in [-0.1, -0.05) is 12.1 Å². The second-order valence-corrected chi connectivity index (χ2v) is 7.34. The van der Waals surface area contributed by atoms with E-state index in [1.807, 2.05) is 0 Å². The summed E-state index contributed by atoms with van der Waals surface area (Å²) in [6.07, 6.45) is 2.20. The maximum atomic E-state index is 9.24. The van der Waals surface area contributed by atoms with Crippen molar-refractivity contribution in [3.63, 3.8) is 0 Å². The zero-order chi connectivity index (χ0) is 15.5. The molecule has 0 saturated carbocycles. The Bertz CT molecular complexity index is 457. The van der Waals surface area contributed by atoms with E-state index in [2.05, 4.69) is 56.1 Å². The molecule has 0 unspecified atom stereocenters. The van der Waals surface area contributed by atoms with Crippen LogP contribution in [-0.2, 0) is 6.54 Å². The van der Waals surface area contributed by atoms with Crippen molar-refractivity contribution in [1.29, 1.82) is 0 Å².